The van der Waals surface area contributed by atoms with Crippen molar-refractivity contribution in [1.29, 1.82) is 0 Å². The lowest BCUT2D eigenvalue weighted by Crippen LogP contribution is -2.46. The van der Waals surface area contributed by atoms with Crippen LogP contribution < -0.4 is 11.1 Å². The normalized spacial score (nSPS) is 30.9. The fraction of sp³-hybridized carbons (Fsp3) is 0.938. The third kappa shape index (κ3) is 3.95. The lowest BCUT2D eigenvalue weighted by atomic mass is 9.77. The molecular weight excluding hydrogens is 250 g/mol. The SMILES string of the molecule is CN1CCC(C)(CNC(=O)C2CCCCC2CN)CC1. The van der Waals surface area contributed by atoms with Gasteiger partial charge in [0, 0.05) is 12.5 Å². The van der Waals surface area contributed by atoms with E-state index in [1.807, 2.05) is 0 Å². The summed E-state index contributed by atoms with van der Waals surface area (Å²) in [6.45, 7) is 6.07. The van der Waals surface area contributed by atoms with Crippen molar-refractivity contribution in [3.05, 3.63) is 0 Å². The molecule has 1 heterocycles. The third-order valence-electron chi connectivity index (χ3n) is 5.43. The Balaban J connectivity index is 1.82. The number of hydrogen-bond donors (Lipinski definition) is 2. The van der Waals surface area contributed by atoms with Gasteiger partial charge in [-0.05, 0) is 63.7 Å². The number of carbonyl (C=O) groups excluding carboxylic acids is 1. The molecule has 2 aliphatic rings. The van der Waals surface area contributed by atoms with E-state index in [1.165, 1.54) is 25.7 Å². The molecule has 4 heteroatoms. The van der Waals surface area contributed by atoms with Crippen LogP contribution in [0.25, 0.3) is 0 Å². The van der Waals surface area contributed by atoms with Gasteiger partial charge in [-0.25, -0.2) is 0 Å². The zero-order valence-corrected chi connectivity index (χ0v) is 13.2. The predicted octanol–water partition coefficient (Wildman–Crippen LogP) is 1.60. The Morgan fingerprint density at radius 1 is 1.30 bits per heavy atom. The van der Waals surface area contributed by atoms with Gasteiger partial charge in [-0.15, -0.1) is 0 Å². The van der Waals surface area contributed by atoms with E-state index in [0.717, 1.165) is 32.5 Å². The first kappa shape index (κ1) is 15.8. The monoisotopic (exact) mass is 281 g/mol. The zero-order valence-electron chi connectivity index (χ0n) is 13.2. The minimum Gasteiger partial charge on any atom is -0.355 e. The van der Waals surface area contributed by atoms with Crippen LogP contribution in [0.2, 0.25) is 0 Å². The van der Waals surface area contributed by atoms with E-state index in [-0.39, 0.29) is 17.2 Å². The Kier molecular flexibility index (Phi) is 5.44. The van der Waals surface area contributed by atoms with Crippen molar-refractivity contribution in [3.8, 4) is 0 Å². The second-order valence-electron chi connectivity index (χ2n) is 7.22. The Morgan fingerprint density at radius 3 is 2.60 bits per heavy atom. The van der Waals surface area contributed by atoms with Gasteiger partial charge < -0.3 is 16.0 Å². The molecular formula is C16H31N3O. The number of hydrogen-bond acceptors (Lipinski definition) is 3. The van der Waals surface area contributed by atoms with Crippen LogP contribution in [0.5, 0.6) is 0 Å². The standard InChI is InChI=1S/C16H31N3O/c1-16(7-9-19(2)10-8-16)12-18-15(20)14-6-4-3-5-13(14)11-17/h13-14H,3-12,17H2,1-2H3,(H,18,20). The summed E-state index contributed by atoms with van der Waals surface area (Å²) in [6.07, 6.45) is 6.90. The number of likely N-dealkylation sites (tertiary alicyclic amines) is 1. The molecule has 1 amide bonds. The summed E-state index contributed by atoms with van der Waals surface area (Å²) in [6, 6.07) is 0. The number of piperidine rings is 1. The van der Waals surface area contributed by atoms with Gasteiger partial charge in [0.15, 0.2) is 0 Å². The lowest BCUT2D eigenvalue weighted by molar-refractivity contribution is -0.128. The second-order valence-corrected chi connectivity index (χ2v) is 7.22. The van der Waals surface area contributed by atoms with Crippen molar-refractivity contribution in [2.24, 2.45) is 23.0 Å². The van der Waals surface area contributed by atoms with E-state index >= 15 is 0 Å². The summed E-state index contributed by atoms with van der Waals surface area (Å²) in [5.74, 6) is 0.804. The van der Waals surface area contributed by atoms with E-state index in [4.69, 9.17) is 5.73 Å². The van der Waals surface area contributed by atoms with Crippen molar-refractivity contribution in [2.75, 3.05) is 33.2 Å². The first-order chi connectivity index (χ1) is 9.54. The smallest absolute Gasteiger partial charge is 0.223 e. The van der Waals surface area contributed by atoms with Crippen molar-refractivity contribution in [1.82, 2.24) is 10.2 Å². The highest BCUT2D eigenvalue weighted by Crippen LogP contribution is 2.31. The van der Waals surface area contributed by atoms with Crippen molar-refractivity contribution in [3.63, 3.8) is 0 Å². The summed E-state index contributed by atoms with van der Waals surface area (Å²) in [7, 11) is 2.17. The van der Waals surface area contributed by atoms with Crippen LogP contribution in [-0.4, -0.2) is 44.0 Å². The van der Waals surface area contributed by atoms with E-state index in [1.54, 1.807) is 0 Å². The highest BCUT2D eigenvalue weighted by atomic mass is 16.1. The molecule has 2 fully saturated rings. The van der Waals surface area contributed by atoms with Gasteiger partial charge in [0.25, 0.3) is 0 Å². The van der Waals surface area contributed by atoms with Crippen LogP contribution in [0.1, 0.15) is 45.4 Å². The summed E-state index contributed by atoms with van der Waals surface area (Å²) >= 11 is 0. The number of nitrogens with zero attached hydrogens (tertiary/aromatic N) is 1. The first-order valence-corrected chi connectivity index (χ1v) is 8.20. The van der Waals surface area contributed by atoms with Gasteiger partial charge in [0.2, 0.25) is 5.91 Å². The molecule has 0 aromatic rings. The molecule has 2 atom stereocenters. The molecule has 2 unspecified atom stereocenters. The molecule has 0 bridgehead atoms. The predicted molar refractivity (Wildman–Crippen MR) is 82.4 cm³/mol. The fourth-order valence-electron chi connectivity index (χ4n) is 3.60. The molecule has 1 saturated heterocycles. The molecule has 0 aromatic heterocycles. The summed E-state index contributed by atoms with van der Waals surface area (Å²) < 4.78 is 0. The largest absolute Gasteiger partial charge is 0.355 e. The van der Waals surface area contributed by atoms with Gasteiger partial charge in [-0.2, -0.15) is 0 Å². The molecule has 1 aliphatic heterocycles. The quantitative estimate of drug-likeness (QED) is 0.823. The molecule has 1 aliphatic carbocycles. The van der Waals surface area contributed by atoms with Crippen molar-refractivity contribution < 1.29 is 4.79 Å². The van der Waals surface area contributed by atoms with Gasteiger partial charge in [0.1, 0.15) is 0 Å². The number of carbonyl (C=O) groups is 1. The molecule has 0 spiro atoms. The van der Waals surface area contributed by atoms with Gasteiger partial charge >= 0.3 is 0 Å². The Bertz CT molecular complexity index is 324. The van der Waals surface area contributed by atoms with E-state index in [0.29, 0.717) is 12.5 Å². The topological polar surface area (TPSA) is 58.4 Å². The highest BCUT2D eigenvalue weighted by molar-refractivity contribution is 5.79. The van der Waals surface area contributed by atoms with Crippen LogP contribution in [0.3, 0.4) is 0 Å². The average molecular weight is 281 g/mol. The minimum atomic E-state index is 0.156. The van der Waals surface area contributed by atoms with Crippen LogP contribution in [-0.2, 0) is 4.79 Å². The summed E-state index contributed by atoms with van der Waals surface area (Å²) in [5.41, 5.74) is 6.10. The molecule has 0 radical (unpaired) electrons. The number of nitrogens with one attached hydrogen (secondary N) is 1. The zero-order chi connectivity index (χ0) is 14.6. The van der Waals surface area contributed by atoms with Gasteiger partial charge in [-0.1, -0.05) is 19.8 Å². The average Bonchev–Trinajstić information content (AvgIpc) is 2.48. The molecule has 0 aromatic carbocycles. The number of amides is 1. The number of nitrogens with two attached hydrogens (primary N) is 1. The third-order valence-corrected chi connectivity index (χ3v) is 5.43. The van der Waals surface area contributed by atoms with Crippen molar-refractivity contribution >= 4 is 5.91 Å². The Hall–Kier alpha value is -0.610. The molecule has 116 valence electrons. The van der Waals surface area contributed by atoms with Crippen LogP contribution in [0.4, 0.5) is 0 Å². The van der Waals surface area contributed by atoms with E-state index in [9.17, 15) is 4.79 Å². The maximum atomic E-state index is 12.4. The first-order valence-electron chi connectivity index (χ1n) is 8.20. The Labute approximate surface area is 123 Å². The van der Waals surface area contributed by atoms with E-state index in [2.05, 4.69) is 24.2 Å². The molecule has 20 heavy (non-hydrogen) atoms. The maximum absolute atomic E-state index is 12.4. The summed E-state index contributed by atoms with van der Waals surface area (Å²) in [4.78, 5) is 14.8. The van der Waals surface area contributed by atoms with Crippen molar-refractivity contribution in [2.45, 2.75) is 45.4 Å². The summed E-state index contributed by atoms with van der Waals surface area (Å²) in [5, 5.41) is 3.23. The minimum absolute atomic E-state index is 0.156. The van der Waals surface area contributed by atoms with Gasteiger partial charge in [-0.3, -0.25) is 4.79 Å². The lowest BCUT2D eigenvalue weighted by Gasteiger charge is -2.38. The van der Waals surface area contributed by atoms with Crippen LogP contribution >= 0.6 is 0 Å². The molecule has 3 N–H and O–H groups in total. The molecule has 4 nitrogen and oxygen atoms in total. The van der Waals surface area contributed by atoms with Gasteiger partial charge in [0.05, 0.1) is 0 Å². The Morgan fingerprint density at radius 2 is 1.95 bits per heavy atom. The fourth-order valence-corrected chi connectivity index (χ4v) is 3.60. The van der Waals surface area contributed by atoms with E-state index < -0.39 is 0 Å². The molecule has 2 rings (SSSR count). The van der Waals surface area contributed by atoms with Crippen LogP contribution in [0.15, 0.2) is 0 Å². The van der Waals surface area contributed by atoms with Crippen LogP contribution in [0, 0.1) is 17.3 Å². The maximum Gasteiger partial charge on any atom is 0.223 e. The number of rotatable bonds is 4. The highest BCUT2D eigenvalue weighted by Gasteiger charge is 2.33. The molecule has 1 saturated carbocycles. The second kappa shape index (κ2) is 6.90.